The Morgan fingerprint density at radius 2 is 2.40 bits per heavy atom. The molecule has 1 aromatic heterocycles. The molecular weight excluding hydrogens is 212 g/mol. The first-order chi connectivity index (χ1) is 7.22. The van der Waals surface area contributed by atoms with Crippen molar-refractivity contribution in [3.63, 3.8) is 0 Å². The van der Waals surface area contributed by atoms with Crippen LogP contribution < -0.4 is 4.74 Å². The quantitative estimate of drug-likeness (QED) is 0.725. The Morgan fingerprint density at radius 3 is 3.00 bits per heavy atom. The predicted octanol–water partition coefficient (Wildman–Crippen LogP) is 2.51. The lowest BCUT2D eigenvalue weighted by Gasteiger charge is -2.21. The molecule has 0 amide bonds. The molecule has 0 aromatic carbocycles. The summed E-state index contributed by atoms with van der Waals surface area (Å²) in [6.07, 6.45) is 4.22. The smallest absolute Gasteiger partial charge is 0.132 e. The van der Waals surface area contributed by atoms with Crippen molar-refractivity contribution in [3.8, 4) is 5.75 Å². The molecule has 0 unspecified atom stereocenters. The Hall–Kier alpha value is -0.800. The van der Waals surface area contributed by atoms with Crippen molar-refractivity contribution in [2.45, 2.75) is 18.9 Å². The van der Waals surface area contributed by atoms with Gasteiger partial charge in [-0.25, -0.2) is 4.98 Å². The van der Waals surface area contributed by atoms with E-state index in [2.05, 4.69) is 16.9 Å². The maximum atomic E-state index is 5.83. The van der Waals surface area contributed by atoms with Gasteiger partial charge in [0.15, 0.2) is 0 Å². The van der Waals surface area contributed by atoms with Crippen LogP contribution in [0.2, 0.25) is 5.15 Å². The second-order valence-electron chi connectivity index (χ2n) is 3.89. The number of nitrogens with zero attached hydrogens (tertiary/aromatic N) is 2. The number of halogens is 1. The first kappa shape index (κ1) is 10.7. The minimum absolute atomic E-state index is 0.421. The zero-order valence-corrected chi connectivity index (χ0v) is 9.79. The van der Waals surface area contributed by atoms with Crippen LogP contribution in [0.4, 0.5) is 0 Å². The third-order valence-corrected chi connectivity index (χ3v) is 3.17. The van der Waals surface area contributed by atoms with E-state index in [9.17, 15) is 0 Å². The molecule has 0 aliphatic carbocycles. The Bertz CT molecular complexity index is 356. The maximum absolute atomic E-state index is 5.83. The lowest BCUT2D eigenvalue weighted by Crippen LogP contribution is -2.18. The Balaban J connectivity index is 2.34. The summed E-state index contributed by atoms with van der Waals surface area (Å²) in [5.41, 5.74) is 1.14. The average Bonchev–Trinajstić information content (AvgIpc) is 2.64. The van der Waals surface area contributed by atoms with E-state index in [-0.39, 0.29) is 0 Å². The summed E-state index contributed by atoms with van der Waals surface area (Å²) in [5, 5.41) is 0.483. The molecule has 1 fully saturated rings. The van der Waals surface area contributed by atoms with E-state index in [1.54, 1.807) is 13.2 Å². The fourth-order valence-electron chi connectivity index (χ4n) is 2.15. The number of hydrogen-bond acceptors (Lipinski definition) is 3. The first-order valence-corrected chi connectivity index (χ1v) is 5.50. The molecule has 1 aromatic rings. The van der Waals surface area contributed by atoms with Gasteiger partial charge in [0.2, 0.25) is 0 Å². The number of aromatic nitrogens is 1. The monoisotopic (exact) mass is 226 g/mol. The molecule has 15 heavy (non-hydrogen) atoms. The number of methoxy groups -OCH3 is 1. The van der Waals surface area contributed by atoms with Gasteiger partial charge in [-0.2, -0.15) is 0 Å². The standard InChI is InChI=1S/C11H15ClN2O/c1-14-5-3-4-9(14)8-7-13-11(12)6-10(8)15-2/h6-7,9H,3-5H2,1-2H3/t9-/m0/s1. The second-order valence-corrected chi connectivity index (χ2v) is 4.27. The fraction of sp³-hybridized carbons (Fsp3) is 0.545. The summed E-state index contributed by atoms with van der Waals surface area (Å²) in [4.78, 5) is 6.45. The van der Waals surface area contributed by atoms with Crippen LogP contribution >= 0.6 is 11.6 Å². The molecule has 0 radical (unpaired) electrons. The van der Waals surface area contributed by atoms with Gasteiger partial charge in [-0.3, -0.25) is 4.90 Å². The zero-order chi connectivity index (χ0) is 10.8. The second kappa shape index (κ2) is 4.37. The van der Waals surface area contributed by atoms with Gasteiger partial charge in [-0.05, 0) is 26.4 Å². The van der Waals surface area contributed by atoms with Gasteiger partial charge in [0.05, 0.1) is 7.11 Å². The van der Waals surface area contributed by atoms with Crippen LogP contribution in [-0.2, 0) is 0 Å². The molecule has 0 spiro atoms. The van der Waals surface area contributed by atoms with Gasteiger partial charge < -0.3 is 4.74 Å². The first-order valence-electron chi connectivity index (χ1n) is 5.12. The molecule has 3 nitrogen and oxygen atoms in total. The van der Waals surface area contributed by atoms with E-state index < -0.39 is 0 Å². The van der Waals surface area contributed by atoms with Crippen molar-refractivity contribution >= 4 is 11.6 Å². The Kier molecular flexibility index (Phi) is 3.12. The molecule has 1 atom stereocenters. The SMILES string of the molecule is COc1cc(Cl)ncc1[C@@H]1CCCN1C. The highest BCUT2D eigenvalue weighted by atomic mass is 35.5. The molecule has 4 heteroatoms. The molecule has 1 saturated heterocycles. The van der Waals surface area contributed by atoms with Crippen LogP contribution in [0.5, 0.6) is 5.75 Å². The minimum atomic E-state index is 0.421. The van der Waals surface area contributed by atoms with Crippen LogP contribution in [0.15, 0.2) is 12.3 Å². The number of hydrogen-bond donors (Lipinski definition) is 0. The number of rotatable bonds is 2. The molecule has 1 aliphatic heterocycles. The summed E-state index contributed by atoms with van der Waals surface area (Å²) in [6.45, 7) is 1.14. The van der Waals surface area contributed by atoms with Gasteiger partial charge in [0.25, 0.3) is 0 Å². The van der Waals surface area contributed by atoms with Crippen LogP contribution in [0, 0.1) is 0 Å². The van der Waals surface area contributed by atoms with Crippen LogP contribution in [0.25, 0.3) is 0 Å². The van der Waals surface area contributed by atoms with Crippen molar-refractivity contribution in [2.75, 3.05) is 20.7 Å². The highest BCUT2D eigenvalue weighted by Gasteiger charge is 2.25. The van der Waals surface area contributed by atoms with Crippen molar-refractivity contribution in [2.24, 2.45) is 0 Å². The number of pyridine rings is 1. The normalized spacial score (nSPS) is 21.9. The molecule has 2 heterocycles. The van der Waals surface area contributed by atoms with Gasteiger partial charge >= 0.3 is 0 Å². The summed E-state index contributed by atoms with van der Waals surface area (Å²) >= 11 is 5.83. The topological polar surface area (TPSA) is 25.4 Å². The van der Waals surface area contributed by atoms with E-state index in [1.165, 1.54) is 6.42 Å². The molecular formula is C11H15ClN2O. The summed E-state index contributed by atoms with van der Waals surface area (Å²) in [6, 6.07) is 2.20. The highest BCUT2D eigenvalue weighted by Crippen LogP contribution is 2.36. The minimum Gasteiger partial charge on any atom is -0.496 e. The van der Waals surface area contributed by atoms with E-state index >= 15 is 0 Å². The third kappa shape index (κ3) is 2.08. The Morgan fingerprint density at radius 1 is 1.60 bits per heavy atom. The zero-order valence-electron chi connectivity index (χ0n) is 9.03. The van der Waals surface area contributed by atoms with Gasteiger partial charge in [-0.1, -0.05) is 11.6 Å². The molecule has 0 bridgehead atoms. The van der Waals surface area contributed by atoms with E-state index in [4.69, 9.17) is 16.3 Å². The van der Waals surface area contributed by atoms with Crippen LogP contribution in [0.1, 0.15) is 24.4 Å². The summed E-state index contributed by atoms with van der Waals surface area (Å²) < 4.78 is 5.34. The lowest BCUT2D eigenvalue weighted by molar-refractivity contribution is 0.305. The molecule has 1 aliphatic rings. The van der Waals surface area contributed by atoms with Crippen LogP contribution in [0.3, 0.4) is 0 Å². The fourth-order valence-corrected chi connectivity index (χ4v) is 2.30. The average molecular weight is 227 g/mol. The largest absolute Gasteiger partial charge is 0.496 e. The summed E-state index contributed by atoms with van der Waals surface area (Å²) in [7, 11) is 3.80. The highest BCUT2D eigenvalue weighted by molar-refractivity contribution is 6.29. The number of ether oxygens (including phenoxy) is 1. The van der Waals surface area contributed by atoms with E-state index in [0.717, 1.165) is 24.3 Å². The summed E-state index contributed by atoms with van der Waals surface area (Å²) in [5.74, 6) is 0.841. The van der Waals surface area contributed by atoms with Crippen molar-refractivity contribution < 1.29 is 4.74 Å². The van der Waals surface area contributed by atoms with Crippen molar-refractivity contribution in [1.29, 1.82) is 0 Å². The van der Waals surface area contributed by atoms with Crippen molar-refractivity contribution in [3.05, 3.63) is 23.0 Å². The predicted molar refractivity (Wildman–Crippen MR) is 60.4 cm³/mol. The van der Waals surface area contributed by atoms with E-state index in [0.29, 0.717) is 11.2 Å². The van der Waals surface area contributed by atoms with E-state index in [1.807, 2.05) is 6.20 Å². The molecule has 0 saturated carbocycles. The van der Waals surface area contributed by atoms with Gasteiger partial charge in [0, 0.05) is 23.9 Å². The van der Waals surface area contributed by atoms with Gasteiger partial charge in [-0.15, -0.1) is 0 Å². The maximum Gasteiger partial charge on any atom is 0.132 e. The van der Waals surface area contributed by atoms with Crippen LogP contribution in [-0.4, -0.2) is 30.6 Å². The number of likely N-dealkylation sites (tertiary alicyclic amines) is 1. The molecule has 2 rings (SSSR count). The van der Waals surface area contributed by atoms with Crippen molar-refractivity contribution in [1.82, 2.24) is 9.88 Å². The lowest BCUT2D eigenvalue weighted by atomic mass is 10.1. The van der Waals surface area contributed by atoms with Gasteiger partial charge in [0.1, 0.15) is 10.9 Å². The third-order valence-electron chi connectivity index (χ3n) is 2.96. The molecule has 0 N–H and O–H groups in total. The molecule has 82 valence electrons. The Labute approximate surface area is 95.0 Å².